The molecule has 0 aliphatic carbocycles. The summed E-state index contributed by atoms with van der Waals surface area (Å²) in [5.41, 5.74) is -0.416. The first-order valence-corrected chi connectivity index (χ1v) is 9.25. The van der Waals surface area contributed by atoms with E-state index < -0.39 is 33.6 Å². The molecule has 0 aromatic heterocycles. The Bertz CT molecular complexity index is 790. The van der Waals surface area contributed by atoms with Crippen molar-refractivity contribution in [1.82, 2.24) is 4.72 Å². The highest BCUT2D eigenvalue weighted by Crippen LogP contribution is 2.30. The van der Waals surface area contributed by atoms with Gasteiger partial charge in [0.25, 0.3) is 0 Å². The number of benzene rings is 2. The molecule has 0 aliphatic rings. The maximum absolute atomic E-state index is 12.9. The number of sulfonamides is 1. The van der Waals surface area contributed by atoms with Crippen LogP contribution >= 0.6 is 15.9 Å². The van der Waals surface area contributed by atoms with Crippen LogP contribution < -0.4 is 4.72 Å². The Morgan fingerprint density at radius 1 is 1.00 bits per heavy atom. The van der Waals surface area contributed by atoms with Crippen molar-refractivity contribution in [2.75, 3.05) is 5.33 Å². The van der Waals surface area contributed by atoms with Gasteiger partial charge in [0.1, 0.15) is 5.82 Å². The van der Waals surface area contributed by atoms with Crippen LogP contribution in [0.1, 0.15) is 17.2 Å². The lowest BCUT2D eigenvalue weighted by Crippen LogP contribution is -2.29. The lowest BCUT2D eigenvalue weighted by Gasteiger charge is -2.17. The molecule has 24 heavy (non-hydrogen) atoms. The van der Waals surface area contributed by atoms with Gasteiger partial charge in [-0.25, -0.2) is 17.5 Å². The van der Waals surface area contributed by atoms with Crippen LogP contribution in [-0.4, -0.2) is 13.7 Å². The second kappa shape index (κ2) is 7.20. The molecule has 2 aromatic carbocycles. The molecule has 0 aliphatic heterocycles. The van der Waals surface area contributed by atoms with Crippen LogP contribution in [0, 0.1) is 5.82 Å². The van der Waals surface area contributed by atoms with E-state index in [2.05, 4.69) is 20.7 Å². The Morgan fingerprint density at radius 3 is 2.00 bits per heavy atom. The summed E-state index contributed by atoms with van der Waals surface area (Å²) in [5, 5.41) is 0.207. The van der Waals surface area contributed by atoms with Crippen molar-refractivity contribution in [3.05, 3.63) is 65.5 Å². The number of hydrogen-bond acceptors (Lipinski definition) is 2. The monoisotopic (exact) mass is 425 g/mol. The molecule has 0 bridgehead atoms. The average molecular weight is 426 g/mol. The molecule has 0 radical (unpaired) electrons. The number of rotatable bonds is 5. The first-order valence-electron chi connectivity index (χ1n) is 6.64. The fraction of sp³-hybridized carbons (Fsp3) is 0.200. The van der Waals surface area contributed by atoms with Crippen LogP contribution in [0.5, 0.6) is 0 Å². The third-order valence-electron chi connectivity index (χ3n) is 3.22. The average Bonchev–Trinajstić information content (AvgIpc) is 2.53. The predicted octanol–water partition coefficient (Wildman–Crippen LogP) is 4.26. The summed E-state index contributed by atoms with van der Waals surface area (Å²) in [4.78, 5) is -0.288. The lowest BCUT2D eigenvalue weighted by molar-refractivity contribution is -0.137. The maximum Gasteiger partial charge on any atom is 0.416 e. The SMILES string of the molecule is O=S(=O)(NC(CBr)c1ccc(F)cc1)c1ccc(C(F)(F)F)cc1. The minimum atomic E-state index is -4.54. The van der Waals surface area contributed by atoms with Crippen molar-refractivity contribution in [3.63, 3.8) is 0 Å². The Balaban J connectivity index is 2.24. The van der Waals surface area contributed by atoms with Gasteiger partial charge in [-0.15, -0.1) is 0 Å². The molecule has 0 amide bonds. The minimum absolute atomic E-state index is 0.207. The molecule has 0 heterocycles. The van der Waals surface area contributed by atoms with E-state index in [9.17, 15) is 26.0 Å². The summed E-state index contributed by atoms with van der Waals surface area (Å²) >= 11 is 3.16. The number of nitrogens with one attached hydrogen (secondary N) is 1. The van der Waals surface area contributed by atoms with Gasteiger partial charge in [-0.2, -0.15) is 13.2 Å². The van der Waals surface area contributed by atoms with Crippen LogP contribution in [0.25, 0.3) is 0 Å². The zero-order valence-corrected chi connectivity index (χ0v) is 14.4. The zero-order valence-electron chi connectivity index (χ0n) is 12.0. The van der Waals surface area contributed by atoms with Crippen LogP contribution in [0.4, 0.5) is 17.6 Å². The van der Waals surface area contributed by atoms with Gasteiger partial charge in [0, 0.05) is 5.33 Å². The third kappa shape index (κ3) is 4.55. The molecule has 1 atom stereocenters. The molecule has 130 valence electrons. The molecular formula is C15H12BrF4NO2S. The smallest absolute Gasteiger partial charge is 0.207 e. The first kappa shape index (κ1) is 18.9. The number of alkyl halides is 4. The van der Waals surface area contributed by atoms with E-state index in [1.807, 2.05) is 0 Å². The minimum Gasteiger partial charge on any atom is -0.207 e. The molecule has 0 saturated carbocycles. The van der Waals surface area contributed by atoms with E-state index in [-0.39, 0.29) is 10.2 Å². The van der Waals surface area contributed by atoms with Crippen molar-refractivity contribution >= 4 is 26.0 Å². The van der Waals surface area contributed by atoms with Gasteiger partial charge in [0.15, 0.2) is 0 Å². The van der Waals surface area contributed by atoms with E-state index in [4.69, 9.17) is 0 Å². The van der Waals surface area contributed by atoms with Crippen LogP contribution in [0.2, 0.25) is 0 Å². The Morgan fingerprint density at radius 2 is 1.54 bits per heavy atom. The number of halogens is 5. The van der Waals surface area contributed by atoms with Gasteiger partial charge < -0.3 is 0 Å². The molecule has 2 rings (SSSR count). The molecule has 2 aromatic rings. The summed E-state index contributed by atoms with van der Waals surface area (Å²) in [6, 6.07) is 7.73. The first-order chi connectivity index (χ1) is 11.1. The standard InChI is InChI=1S/C15H12BrF4NO2S/c16-9-14(10-1-5-12(17)6-2-10)21-24(22,23)13-7-3-11(4-8-13)15(18,19)20/h1-8,14,21H,9H2. The molecule has 1 unspecified atom stereocenters. The largest absolute Gasteiger partial charge is 0.416 e. The highest BCUT2D eigenvalue weighted by molar-refractivity contribution is 9.09. The molecule has 0 fully saturated rings. The van der Waals surface area contributed by atoms with E-state index in [0.29, 0.717) is 17.7 Å². The fourth-order valence-corrected chi connectivity index (χ4v) is 3.94. The second-order valence-corrected chi connectivity index (χ2v) is 7.26. The summed E-state index contributed by atoms with van der Waals surface area (Å²) < 4.78 is 77.6. The van der Waals surface area contributed by atoms with Crippen LogP contribution in [0.15, 0.2) is 53.4 Å². The molecule has 1 N–H and O–H groups in total. The summed E-state index contributed by atoms with van der Waals surface area (Å²) in [7, 11) is -4.03. The summed E-state index contributed by atoms with van der Waals surface area (Å²) in [5.74, 6) is -0.460. The fourth-order valence-electron chi connectivity index (χ4n) is 1.96. The third-order valence-corrected chi connectivity index (χ3v) is 5.35. The summed E-state index contributed by atoms with van der Waals surface area (Å²) in [6.07, 6.45) is -4.54. The van der Waals surface area contributed by atoms with Crippen molar-refractivity contribution in [2.24, 2.45) is 0 Å². The predicted molar refractivity (Wildman–Crippen MR) is 84.7 cm³/mol. The Hall–Kier alpha value is -1.45. The Kier molecular flexibility index (Phi) is 5.67. The maximum atomic E-state index is 12.9. The van der Waals surface area contributed by atoms with Gasteiger partial charge in [-0.3, -0.25) is 0 Å². The molecule has 0 saturated heterocycles. The normalized spacial score (nSPS) is 13.7. The van der Waals surface area contributed by atoms with Gasteiger partial charge in [0.2, 0.25) is 10.0 Å². The van der Waals surface area contributed by atoms with Gasteiger partial charge in [-0.05, 0) is 42.0 Å². The van der Waals surface area contributed by atoms with Gasteiger partial charge in [-0.1, -0.05) is 28.1 Å². The van der Waals surface area contributed by atoms with Crippen molar-refractivity contribution < 1.29 is 26.0 Å². The van der Waals surface area contributed by atoms with E-state index >= 15 is 0 Å². The van der Waals surface area contributed by atoms with E-state index in [0.717, 1.165) is 12.1 Å². The highest BCUT2D eigenvalue weighted by atomic mass is 79.9. The van der Waals surface area contributed by atoms with Crippen LogP contribution in [-0.2, 0) is 16.2 Å². The van der Waals surface area contributed by atoms with E-state index in [1.165, 1.54) is 24.3 Å². The Labute approximate surface area is 144 Å². The van der Waals surface area contributed by atoms with E-state index in [1.54, 1.807) is 0 Å². The topological polar surface area (TPSA) is 46.2 Å². The zero-order chi connectivity index (χ0) is 18.0. The summed E-state index contributed by atoms with van der Waals surface area (Å²) in [6.45, 7) is 0. The van der Waals surface area contributed by atoms with Gasteiger partial charge >= 0.3 is 6.18 Å². The van der Waals surface area contributed by atoms with Crippen molar-refractivity contribution in [2.45, 2.75) is 17.1 Å². The highest BCUT2D eigenvalue weighted by Gasteiger charge is 2.31. The van der Waals surface area contributed by atoms with Crippen molar-refractivity contribution in [1.29, 1.82) is 0 Å². The second-order valence-electron chi connectivity index (χ2n) is 4.90. The van der Waals surface area contributed by atoms with Crippen LogP contribution in [0.3, 0.4) is 0 Å². The quantitative estimate of drug-likeness (QED) is 0.574. The van der Waals surface area contributed by atoms with Gasteiger partial charge in [0.05, 0.1) is 16.5 Å². The lowest BCUT2D eigenvalue weighted by atomic mass is 10.1. The molecule has 3 nitrogen and oxygen atoms in total. The molecular weight excluding hydrogens is 414 g/mol. The molecule has 0 spiro atoms. The van der Waals surface area contributed by atoms with Crippen molar-refractivity contribution in [3.8, 4) is 0 Å². The molecule has 9 heteroatoms. The number of hydrogen-bond donors (Lipinski definition) is 1.